The van der Waals surface area contributed by atoms with Crippen LogP contribution in [0.2, 0.25) is 0 Å². The molecule has 0 aromatic rings. The van der Waals surface area contributed by atoms with E-state index in [1.807, 2.05) is 6.92 Å². The highest BCUT2D eigenvalue weighted by atomic mass is 16.1. The maximum Gasteiger partial charge on any atom is 0.209 e. The smallest absolute Gasteiger partial charge is 0.209 e. The molecule has 2 nitrogen and oxygen atoms in total. The second-order valence-electron chi connectivity index (χ2n) is 1.73. The molecule has 0 aromatic heterocycles. The van der Waals surface area contributed by atoms with Crippen LogP contribution in [0, 0.1) is 0 Å². The average Bonchev–Trinajstić information content (AvgIpc) is 1.83. The number of carbonyl (C=O) groups excluding carboxylic acids is 1. The Morgan fingerprint density at radius 3 is 2.25 bits per heavy atom. The third-order valence-electron chi connectivity index (χ3n) is 1.07. The van der Waals surface area contributed by atoms with Gasteiger partial charge in [0.2, 0.25) is 6.41 Å². The quantitative estimate of drug-likeness (QED) is 0.498. The van der Waals surface area contributed by atoms with Crippen molar-refractivity contribution < 1.29 is 4.79 Å². The fraction of sp³-hybridized carbons (Fsp3) is 0.833. The first kappa shape index (κ1) is 7.47. The molecule has 48 valence electrons. The second kappa shape index (κ2) is 4.62. The summed E-state index contributed by atoms with van der Waals surface area (Å²) in [4.78, 5) is 11.8. The topological polar surface area (TPSA) is 20.3 Å². The Bertz CT molecular complexity index is 63.5. The van der Waals surface area contributed by atoms with Crippen molar-refractivity contribution in [2.45, 2.75) is 20.3 Å². The van der Waals surface area contributed by atoms with Crippen LogP contribution in [0.5, 0.6) is 0 Å². The Morgan fingerprint density at radius 2 is 2.12 bits per heavy atom. The minimum atomic E-state index is 0.831. The molecular weight excluding hydrogens is 102 g/mol. The summed E-state index contributed by atoms with van der Waals surface area (Å²) in [5.74, 6) is 0. The molecule has 0 N–H and O–H groups in total. The summed E-state index contributed by atoms with van der Waals surface area (Å²) in [6, 6.07) is 0. The molecule has 0 unspecified atom stereocenters. The van der Waals surface area contributed by atoms with Gasteiger partial charge in [0, 0.05) is 13.1 Å². The monoisotopic (exact) mass is 115 g/mol. The lowest BCUT2D eigenvalue weighted by Crippen LogP contribution is -2.21. The van der Waals surface area contributed by atoms with E-state index >= 15 is 0 Å². The fourth-order valence-electron chi connectivity index (χ4n) is 0.573. The molecule has 0 heterocycles. The van der Waals surface area contributed by atoms with Crippen LogP contribution >= 0.6 is 0 Å². The number of amides is 1. The molecule has 0 saturated carbocycles. The fourth-order valence-corrected chi connectivity index (χ4v) is 0.573. The van der Waals surface area contributed by atoms with Gasteiger partial charge in [0.05, 0.1) is 0 Å². The Labute approximate surface area is 50.5 Å². The molecule has 8 heavy (non-hydrogen) atoms. The van der Waals surface area contributed by atoms with Crippen molar-refractivity contribution in [2.75, 3.05) is 13.1 Å². The van der Waals surface area contributed by atoms with Crippen LogP contribution in [0.1, 0.15) is 20.3 Å². The van der Waals surface area contributed by atoms with Crippen molar-refractivity contribution in [3.8, 4) is 0 Å². The maximum absolute atomic E-state index is 10.1. The molecule has 0 aliphatic heterocycles. The minimum Gasteiger partial charge on any atom is -0.346 e. The van der Waals surface area contributed by atoms with Crippen molar-refractivity contribution in [1.82, 2.24) is 4.90 Å². The Morgan fingerprint density at radius 1 is 1.50 bits per heavy atom. The highest BCUT2D eigenvalue weighted by molar-refractivity contribution is 5.46. The van der Waals surface area contributed by atoms with Gasteiger partial charge in [-0.25, -0.2) is 0 Å². The van der Waals surface area contributed by atoms with Gasteiger partial charge in [-0.2, -0.15) is 0 Å². The maximum atomic E-state index is 10.1. The van der Waals surface area contributed by atoms with Crippen molar-refractivity contribution in [2.24, 2.45) is 0 Å². The molecule has 0 saturated heterocycles. The van der Waals surface area contributed by atoms with E-state index in [1.165, 1.54) is 0 Å². The predicted octanol–water partition coefficient (Wildman–Crippen LogP) is 0.875. The standard InChI is InChI=1S/C6H13NO/c1-3-5-7(4-2)6-8/h6H,3-5H2,1-2H3. The molecule has 0 aliphatic carbocycles. The Hall–Kier alpha value is -0.530. The van der Waals surface area contributed by atoms with Gasteiger partial charge in [-0.15, -0.1) is 0 Å². The molecule has 0 aromatic carbocycles. The Balaban J connectivity index is 3.21. The first-order valence-corrected chi connectivity index (χ1v) is 3.04. The third kappa shape index (κ3) is 2.61. The third-order valence-corrected chi connectivity index (χ3v) is 1.07. The van der Waals surface area contributed by atoms with Crippen molar-refractivity contribution in [3.05, 3.63) is 0 Å². The zero-order valence-corrected chi connectivity index (χ0v) is 5.55. The zero-order valence-electron chi connectivity index (χ0n) is 5.55. The van der Waals surface area contributed by atoms with E-state index in [0.29, 0.717) is 0 Å². The van der Waals surface area contributed by atoms with Gasteiger partial charge >= 0.3 is 0 Å². The second-order valence-corrected chi connectivity index (χ2v) is 1.73. The van der Waals surface area contributed by atoms with Gasteiger partial charge in [-0.1, -0.05) is 6.92 Å². The lowest BCUT2D eigenvalue weighted by Gasteiger charge is -2.11. The normalized spacial score (nSPS) is 8.75. The van der Waals surface area contributed by atoms with Gasteiger partial charge < -0.3 is 4.90 Å². The van der Waals surface area contributed by atoms with E-state index in [9.17, 15) is 4.79 Å². The van der Waals surface area contributed by atoms with Crippen molar-refractivity contribution in [3.63, 3.8) is 0 Å². The number of carbonyl (C=O) groups is 1. The van der Waals surface area contributed by atoms with Crippen LogP contribution in [-0.4, -0.2) is 24.4 Å². The van der Waals surface area contributed by atoms with Gasteiger partial charge in [0.1, 0.15) is 0 Å². The molecular formula is C6H13NO. The van der Waals surface area contributed by atoms with Crippen molar-refractivity contribution >= 4 is 6.41 Å². The summed E-state index contributed by atoms with van der Waals surface area (Å²) in [5.41, 5.74) is 0. The number of hydrogen-bond acceptors (Lipinski definition) is 1. The minimum absolute atomic E-state index is 0.831. The van der Waals surface area contributed by atoms with Crippen LogP contribution in [0.4, 0.5) is 0 Å². The first-order valence-electron chi connectivity index (χ1n) is 3.04. The van der Waals surface area contributed by atoms with Crippen LogP contribution < -0.4 is 0 Å². The van der Waals surface area contributed by atoms with Crippen LogP contribution in [0.3, 0.4) is 0 Å². The van der Waals surface area contributed by atoms with Gasteiger partial charge in [-0.05, 0) is 13.3 Å². The molecule has 0 fully saturated rings. The predicted molar refractivity (Wildman–Crippen MR) is 33.6 cm³/mol. The summed E-state index contributed by atoms with van der Waals surface area (Å²) >= 11 is 0. The van der Waals surface area contributed by atoms with E-state index < -0.39 is 0 Å². The number of rotatable bonds is 4. The van der Waals surface area contributed by atoms with E-state index in [-0.39, 0.29) is 0 Å². The molecule has 0 bridgehead atoms. The lowest BCUT2D eigenvalue weighted by molar-refractivity contribution is -0.118. The molecule has 0 radical (unpaired) electrons. The summed E-state index contributed by atoms with van der Waals surface area (Å²) < 4.78 is 0. The number of hydrogen-bond donors (Lipinski definition) is 0. The van der Waals surface area contributed by atoms with Crippen LogP contribution in [0.15, 0.2) is 0 Å². The highest BCUT2D eigenvalue weighted by Gasteiger charge is 1.91. The Kier molecular flexibility index (Phi) is 4.32. The molecule has 0 atom stereocenters. The first-order chi connectivity index (χ1) is 3.85. The van der Waals surface area contributed by atoms with E-state index in [2.05, 4.69) is 6.92 Å². The van der Waals surface area contributed by atoms with Crippen LogP contribution in [0.25, 0.3) is 0 Å². The van der Waals surface area contributed by atoms with E-state index in [1.54, 1.807) is 4.90 Å². The lowest BCUT2D eigenvalue weighted by atomic mass is 10.4. The average molecular weight is 115 g/mol. The van der Waals surface area contributed by atoms with E-state index in [4.69, 9.17) is 0 Å². The molecule has 0 spiro atoms. The zero-order chi connectivity index (χ0) is 6.41. The molecule has 0 rings (SSSR count). The van der Waals surface area contributed by atoms with Gasteiger partial charge in [-0.3, -0.25) is 4.79 Å². The molecule has 2 heteroatoms. The molecule has 0 aliphatic rings. The summed E-state index contributed by atoms with van der Waals surface area (Å²) in [6.07, 6.45) is 1.94. The van der Waals surface area contributed by atoms with Gasteiger partial charge in [0.15, 0.2) is 0 Å². The van der Waals surface area contributed by atoms with Crippen LogP contribution in [-0.2, 0) is 4.79 Å². The SMILES string of the molecule is CCCN(C=O)CC. The summed E-state index contributed by atoms with van der Waals surface area (Å²) in [5, 5.41) is 0. The van der Waals surface area contributed by atoms with Gasteiger partial charge in [0.25, 0.3) is 0 Å². The number of nitrogens with zero attached hydrogens (tertiary/aromatic N) is 1. The van der Waals surface area contributed by atoms with Crippen molar-refractivity contribution in [1.29, 1.82) is 0 Å². The molecule has 1 amide bonds. The summed E-state index contributed by atoms with van der Waals surface area (Å²) in [7, 11) is 0. The van der Waals surface area contributed by atoms with E-state index in [0.717, 1.165) is 25.9 Å². The summed E-state index contributed by atoms with van der Waals surface area (Å²) in [6.45, 7) is 5.76. The largest absolute Gasteiger partial charge is 0.346 e. The highest BCUT2D eigenvalue weighted by Crippen LogP contribution is 1.83.